The van der Waals surface area contributed by atoms with Crippen LogP contribution in [-0.4, -0.2) is 47.8 Å². The molecule has 0 saturated carbocycles. The molecule has 1 aliphatic rings. The first-order valence-electron chi connectivity index (χ1n) is 10.4. The van der Waals surface area contributed by atoms with E-state index in [4.69, 9.17) is 4.74 Å². The van der Waals surface area contributed by atoms with Crippen molar-refractivity contribution in [3.63, 3.8) is 0 Å². The lowest BCUT2D eigenvalue weighted by Gasteiger charge is -2.38. The molecule has 1 aliphatic carbocycles. The van der Waals surface area contributed by atoms with E-state index in [9.17, 15) is 19.1 Å². The maximum absolute atomic E-state index is 13.0. The topological polar surface area (TPSA) is 87.7 Å². The molecule has 7 heteroatoms. The van der Waals surface area contributed by atoms with E-state index < -0.39 is 12.1 Å². The van der Waals surface area contributed by atoms with Crippen LogP contribution in [0, 0.1) is 5.82 Å². The Kier molecular flexibility index (Phi) is 9.20. The number of hydrogen-bond donors (Lipinski definition) is 3. The second kappa shape index (κ2) is 11.6. The summed E-state index contributed by atoms with van der Waals surface area (Å²) in [7, 11) is 0. The van der Waals surface area contributed by atoms with Crippen LogP contribution in [-0.2, 0) is 14.3 Å². The molecule has 0 saturated heterocycles. The number of benzene rings is 1. The van der Waals surface area contributed by atoms with Gasteiger partial charge in [-0.3, -0.25) is 4.79 Å². The van der Waals surface area contributed by atoms with Gasteiger partial charge in [0.05, 0.1) is 18.2 Å². The van der Waals surface area contributed by atoms with E-state index in [2.05, 4.69) is 10.6 Å². The molecule has 164 valence electrons. The lowest BCUT2D eigenvalue weighted by molar-refractivity contribution is -0.133. The number of hydrogen-bond acceptors (Lipinski definition) is 4. The molecular weight excluding hydrogens is 387 g/mol. The lowest BCUT2D eigenvalue weighted by Crippen LogP contribution is -2.58. The van der Waals surface area contributed by atoms with Gasteiger partial charge in [-0.15, -0.1) is 0 Å². The molecule has 3 N–H and O–H groups in total. The molecule has 6 nitrogen and oxygen atoms in total. The van der Waals surface area contributed by atoms with Gasteiger partial charge in [-0.2, -0.15) is 0 Å². The van der Waals surface area contributed by atoms with Gasteiger partial charge in [0, 0.05) is 25.1 Å². The highest BCUT2D eigenvalue weighted by molar-refractivity contribution is 5.87. The number of halogens is 1. The second-order valence-corrected chi connectivity index (χ2v) is 7.44. The monoisotopic (exact) mass is 418 g/mol. The van der Waals surface area contributed by atoms with E-state index >= 15 is 0 Å². The fraction of sp³-hybridized carbons (Fsp3) is 0.478. The summed E-state index contributed by atoms with van der Waals surface area (Å²) >= 11 is 0. The summed E-state index contributed by atoms with van der Waals surface area (Å²) in [6.45, 7) is 5.93. The van der Waals surface area contributed by atoms with Crippen LogP contribution in [0.15, 0.2) is 42.0 Å². The predicted molar refractivity (Wildman–Crippen MR) is 114 cm³/mol. The molecule has 30 heavy (non-hydrogen) atoms. The van der Waals surface area contributed by atoms with Crippen LogP contribution in [0.1, 0.15) is 45.6 Å². The fourth-order valence-corrected chi connectivity index (χ4v) is 3.55. The smallest absolute Gasteiger partial charge is 0.331 e. The second-order valence-electron chi connectivity index (χ2n) is 7.44. The van der Waals surface area contributed by atoms with Crippen LogP contribution in [0.4, 0.5) is 4.39 Å². The Hall–Kier alpha value is -2.51. The predicted octanol–water partition coefficient (Wildman–Crippen LogP) is 3.29. The molecule has 1 amide bonds. The van der Waals surface area contributed by atoms with Crippen LogP contribution in [0.3, 0.4) is 0 Å². The van der Waals surface area contributed by atoms with Crippen molar-refractivity contribution in [2.45, 2.75) is 64.3 Å². The number of amides is 1. The van der Waals surface area contributed by atoms with Gasteiger partial charge in [0.15, 0.2) is 0 Å². The lowest BCUT2D eigenvalue weighted by atomic mass is 9.87. The highest BCUT2D eigenvalue weighted by atomic mass is 19.1. The minimum atomic E-state index is -0.983. The summed E-state index contributed by atoms with van der Waals surface area (Å²) in [6, 6.07) is 5.46. The first-order chi connectivity index (χ1) is 14.3. The van der Waals surface area contributed by atoms with Crippen LogP contribution < -0.4 is 10.6 Å². The zero-order chi connectivity index (χ0) is 22.1. The van der Waals surface area contributed by atoms with Gasteiger partial charge in [0.1, 0.15) is 5.82 Å². The highest BCUT2D eigenvalue weighted by Crippen LogP contribution is 2.24. The summed E-state index contributed by atoms with van der Waals surface area (Å²) in [5.74, 6) is -1.47. The van der Waals surface area contributed by atoms with Crippen molar-refractivity contribution in [2.24, 2.45) is 0 Å². The Bertz CT molecular complexity index is 772. The first-order valence-corrected chi connectivity index (χ1v) is 10.4. The molecule has 1 aromatic carbocycles. The molecule has 0 unspecified atom stereocenters. The zero-order valence-electron chi connectivity index (χ0n) is 17.7. The number of carbonyl (C=O) groups is 2. The van der Waals surface area contributed by atoms with E-state index in [0.29, 0.717) is 6.54 Å². The van der Waals surface area contributed by atoms with Crippen LogP contribution in [0.25, 0.3) is 6.08 Å². The SMILES string of the molecule is CCC(CC)O[C@@H]1C=C(C(=O)O)C[C@H](NC/C=C/c2ccc(F)cc2)[C@H]1NC(C)=O. The van der Waals surface area contributed by atoms with Crippen LogP contribution in [0.2, 0.25) is 0 Å². The molecule has 0 fully saturated rings. The van der Waals surface area contributed by atoms with E-state index in [-0.39, 0.29) is 41.9 Å². The third-order valence-corrected chi connectivity index (χ3v) is 5.18. The third kappa shape index (κ3) is 7.07. The summed E-state index contributed by atoms with van der Waals surface area (Å²) in [5, 5.41) is 15.8. The Labute approximate surface area is 177 Å². The number of carbonyl (C=O) groups excluding carboxylic acids is 1. The number of carboxylic acid groups (broad SMARTS) is 1. The van der Waals surface area contributed by atoms with Gasteiger partial charge in [-0.25, -0.2) is 9.18 Å². The molecule has 0 heterocycles. The molecule has 0 radical (unpaired) electrons. The molecular formula is C23H31FN2O4. The average Bonchev–Trinajstić information content (AvgIpc) is 2.71. The van der Waals surface area contributed by atoms with Gasteiger partial charge in [-0.1, -0.05) is 38.1 Å². The molecule has 0 aliphatic heterocycles. The number of nitrogens with one attached hydrogen (secondary N) is 2. The van der Waals surface area contributed by atoms with Gasteiger partial charge in [0.2, 0.25) is 5.91 Å². The fourth-order valence-electron chi connectivity index (χ4n) is 3.55. The minimum absolute atomic E-state index is 0.0188. The molecule has 0 aromatic heterocycles. The molecule has 0 bridgehead atoms. The molecule has 2 rings (SSSR count). The van der Waals surface area contributed by atoms with Gasteiger partial charge < -0.3 is 20.5 Å². The normalized spacial score (nSPS) is 21.6. The first kappa shape index (κ1) is 23.8. The Morgan fingerprint density at radius 2 is 1.93 bits per heavy atom. The number of aliphatic carboxylic acids is 1. The quantitative estimate of drug-likeness (QED) is 0.543. The zero-order valence-corrected chi connectivity index (χ0v) is 17.7. The van der Waals surface area contributed by atoms with Crippen molar-refractivity contribution in [1.29, 1.82) is 0 Å². The van der Waals surface area contributed by atoms with Crippen molar-refractivity contribution in [2.75, 3.05) is 6.54 Å². The van der Waals surface area contributed by atoms with E-state index in [0.717, 1.165) is 18.4 Å². The Morgan fingerprint density at radius 1 is 1.27 bits per heavy atom. The maximum atomic E-state index is 13.0. The van der Waals surface area contributed by atoms with Crippen LogP contribution >= 0.6 is 0 Å². The van der Waals surface area contributed by atoms with E-state index in [1.54, 1.807) is 18.2 Å². The summed E-state index contributed by atoms with van der Waals surface area (Å²) in [5.41, 5.74) is 1.13. The van der Waals surface area contributed by atoms with Crippen LogP contribution in [0.5, 0.6) is 0 Å². The Morgan fingerprint density at radius 3 is 2.50 bits per heavy atom. The molecule has 0 spiro atoms. The van der Waals surface area contributed by atoms with Crippen molar-refractivity contribution in [3.8, 4) is 0 Å². The average molecular weight is 419 g/mol. The van der Waals surface area contributed by atoms with E-state index in [1.165, 1.54) is 19.1 Å². The maximum Gasteiger partial charge on any atom is 0.331 e. The number of carboxylic acids is 1. The summed E-state index contributed by atoms with van der Waals surface area (Å²) < 4.78 is 19.2. The molecule has 3 atom stereocenters. The standard InChI is InChI=1S/C23H31FN2O4/c1-4-19(5-2)30-21-14-17(23(28)29)13-20(22(21)26-15(3)27)25-12-6-7-16-8-10-18(24)11-9-16/h6-11,14,19-22,25H,4-5,12-13H2,1-3H3,(H,26,27)(H,28,29)/b7-6+/t20-,21+,22+/m0/s1. The third-order valence-electron chi connectivity index (χ3n) is 5.18. The number of ether oxygens (including phenoxy) is 1. The largest absolute Gasteiger partial charge is 0.478 e. The van der Waals surface area contributed by atoms with Crippen molar-refractivity contribution < 1.29 is 23.8 Å². The van der Waals surface area contributed by atoms with Gasteiger partial charge >= 0.3 is 5.97 Å². The van der Waals surface area contributed by atoms with Crippen molar-refractivity contribution >= 4 is 18.0 Å². The Balaban J connectivity index is 2.14. The highest BCUT2D eigenvalue weighted by Gasteiger charge is 2.37. The summed E-state index contributed by atoms with van der Waals surface area (Å²) in [4.78, 5) is 23.5. The minimum Gasteiger partial charge on any atom is -0.478 e. The van der Waals surface area contributed by atoms with E-state index in [1.807, 2.05) is 26.0 Å². The molecule has 1 aromatic rings. The van der Waals surface area contributed by atoms with Gasteiger partial charge in [-0.05, 0) is 43.0 Å². The van der Waals surface area contributed by atoms with Gasteiger partial charge in [0.25, 0.3) is 0 Å². The number of rotatable bonds is 10. The van der Waals surface area contributed by atoms with Crippen molar-refractivity contribution in [1.82, 2.24) is 10.6 Å². The van der Waals surface area contributed by atoms with Crippen molar-refractivity contribution in [3.05, 3.63) is 53.4 Å². The summed E-state index contributed by atoms with van der Waals surface area (Å²) in [6.07, 6.45) is 6.68.